The lowest BCUT2D eigenvalue weighted by molar-refractivity contribution is -0.0217. The van der Waals surface area contributed by atoms with Gasteiger partial charge in [0, 0.05) is 27.6 Å². The van der Waals surface area contributed by atoms with Crippen molar-refractivity contribution in [1.82, 2.24) is 0 Å². The molecule has 0 aliphatic rings. The zero-order valence-corrected chi connectivity index (χ0v) is 25.6. The average molecular weight is 653 g/mol. The molecule has 1 atom stereocenters. The van der Waals surface area contributed by atoms with Crippen LogP contribution in [0, 0.1) is 6.92 Å². The number of halogens is 3. The fraction of sp³-hybridized carbons (Fsp3) is 0.226. The second-order valence-electron chi connectivity index (χ2n) is 9.54. The highest BCUT2D eigenvalue weighted by molar-refractivity contribution is 7.94. The van der Waals surface area contributed by atoms with E-state index in [0.717, 1.165) is 29.4 Å². The molecule has 0 fully saturated rings. The lowest BCUT2D eigenvalue weighted by Crippen LogP contribution is -2.41. The molecule has 0 spiro atoms. The van der Waals surface area contributed by atoms with Gasteiger partial charge in [-0.2, -0.15) is 17.2 Å². The quantitative estimate of drug-likeness (QED) is 0.100. The van der Waals surface area contributed by atoms with E-state index >= 15 is 0 Å². The topological polar surface area (TPSA) is 101 Å². The maximum atomic E-state index is 13.1. The molecule has 230 valence electrons. The molecule has 43 heavy (non-hydrogen) atoms. The third kappa shape index (κ3) is 10.8. The van der Waals surface area contributed by atoms with Crippen molar-refractivity contribution < 1.29 is 38.7 Å². The van der Waals surface area contributed by atoms with E-state index in [4.69, 9.17) is 0 Å². The molecule has 1 unspecified atom stereocenters. The lowest BCUT2D eigenvalue weighted by atomic mass is 10.2. The molecule has 0 bridgehead atoms. The predicted molar refractivity (Wildman–Crippen MR) is 162 cm³/mol. The van der Waals surface area contributed by atoms with E-state index in [1.54, 1.807) is 6.92 Å². The van der Waals surface area contributed by atoms with Gasteiger partial charge in [0.15, 0.2) is 10.1 Å². The van der Waals surface area contributed by atoms with E-state index in [0.29, 0.717) is 16.5 Å². The summed E-state index contributed by atoms with van der Waals surface area (Å²) >= 11 is 0. The SMILES string of the molecule is Cc1ccc(S(=O)(=O)OCC(F)C(F)(F)S(=O)(=O)[O-])cc1.c1ccc(C[S+](Cc2ccccc2)Cc2ccccc2)cc1. The van der Waals surface area contributed by atoms with Crippen LogP contribution in [0.2, 0.25) is 0 Å². The summed E-state index contributed by atoms with van der Waals surface area (Å²) in [4.78, 5) is -0.423. The minimum atomic E-state index is -6.27. The van der Waals surface area contributed by atoms with Gasteiger partial charge in [0.2, 0.25) is 6.17 Å². The number of benzene rings is 4. The fourth-order valence-electron chi connectivity index (χ4n) is 3.76. The smallest absolute Gasteiger partial charge is 0.367 e. The van der Waals surface area contributed by atoms with Crippen molar-refractivity contribution in [3.63, 3.8) is 0 Å². The van der Waals surface area contributed by atoms with Crippen LogP contribution in [-0.2, 0) is 52.6 Å². The molecule has 0 radical (unpaired) electrons. The van der Waals surface area contributed by atoms with Crippen LogP contribution in [0.25, 0.3) is 0 Å². The van der Waals surface area contributed by atoms with Gasteiger partial charge in [0.1, 0.15) is 23.9 Å². The van der Waals surface area contributed by atoms with Crippen molar-refractivity contribution in [1.29, 1.82) is 0 Å². The summed E-state index contributed by atoms with van der Waals surface area (Å²) in [5, 5.41) is -5.28. The summed E-state index contributed by atoms with van der Waals surface area (Å²) in [6, 6.07) is 37.6. The van der Waals surface area contributed by atoms with Crippen LogP contribution >= 0.6 is 0 Å². The molecule has 0 aromatic heterocycles. The standard InChI is InChI=1S/C21H21S.C10H11F3O6S2/c1-4-10-19(11-5-1)16-22(17-20-12-6-2-7-13-20)18-21-14-8-3-9-15-21;1-7-2-4-8(5-3-7)20(14,15)19-6-9(11)10(12,13)21(16,17)18/h1-15H,16-18H2;2-5,9H,6H2,1H3,(H,16,17,18)/q+1;/p-1. The van der Waals surface area contributed by atoms with Crippen LogP contribution in [0.1, 0.15) is 22.3 Å². The van der Waals surface area contributed by atoms with Gasteiger partial charge >= 0.3 is 5.25 Å². The molecular weight excluding hydrogens is 622 g/mol. The molecular formula is C31H31F3O6S3. The van der Waals surface area contributed by atoms with Gasteiger partial charge in [-0.05, 0) is 19.1 Å². The van der Waals surface area contributed by atoms with Crippen molar-refractivity contribution in [2.24, 2.45) is 0 Å². The first-order valence-corrected chi connectivity index (χ1v) is 17.5. The van der Waals surface area contributed by atoms with Crippen molar-refractivity contribution >= 4 is 31.1 Å². The summed E-state index contributed by atoms with van der Waals surface area (Å²) in [6.07, 6.45) is -3.61. The fourth-order valence-corrected chi connectivity index (χ4v) is 7.34. The van der Waals surface area contributed by atoms with Gasteiger partial charge in [-0.3, -0.25) is 4.18 Å². The molecule has 0 heterocycles. The number of aryl methyl sites for hydroxylation is 1. The van der Waals surface area contributed by atoms with Gasteiger partial charge < -0.3 is 4.55 Å². The largest absolute Gasteiger partial charge is 0.743 e. The van der Waals surface area contributed by atoms with Gasteiger partial charge in [-0.1, -0.05) is 109 Å². The second kappa shape index (κ2) is 15.5. The van der Waals surface area contributed by atoms with E-state index in [9.17, 15) is 34.6 Å². The number of hydrogen-bond acceptors (Lipinski definition) is 6. The molecule has 6 nitrogen and oxygen atoms in total. The third-order valence-corrected chi connectivity index (χ3v) is 10.5. The number of alkyl halides is 3. The summed E-state index contributed by atoms with van der Waals surface area (Å²) in [5.74, 6) is 3.47. The minimum Gasteiger partial charge on any atom is -0.743 e. The highest BCUT2D eigenvalue weighted by atomic mass is 32.2. The Morgan fingerprint density at radius 1 is 0.698 bits per heavy atom. The Labute approximate surface area is 253 Å². The molecule has 0 saturated heterocycles. The van der Waals surface area contributed by atoms with Gasteiger partial charge in [-0.15, -0.1) is 0 Å². The zero-order valence-electron chi connectivity index (χ0n) is 23.2. The Hall–Kier alpha value is -3.16. The average Bonchev–Trinajstić information content (AvgIpc) is 2.97. The molecule has 0 saturated carbocycles. The molecule has 4 aromatic carbocycles. The number of rotatable bonds is 12. The van der Waals surface area contributed by atoms with Gasteiger partial charge in [0.05, 0.1) is 4.90 Å². The first-order chi connectivity index (χ1) is 20.3. The summed E-state index contributed by atoms with van der Waals surface area (Å²) in [6.45, 7) is -0.140. The monoisotopic (exact) mass is 652 g/mol. The Balaban J connectivity index is 0.000000236. The van der Waals surface area contributed by atoms with Gasteiger partial charge in [-0.25, -0.2) is 12.8 Å². The normalized spacial score (nSPS) is 12.8. The Morgan fingerprint density at radius 2 is 1.07 bits per heavy atom. The molecule has 0 N–H and O–H groups in total. The summed E-state index contributed by atoms with van der Waals surface area (Å²) < 4.78 is 96.3. The van der Waals surface area contributed by atoms with Crippen LogP contribution in [0.4, 0.5) is 13.2 Å². The van der Waals surface area contributed by atoms with Crippen LogP contribution < -0.4 is 0 Å². The molecule has 0 aliphatic carbocycles. The first-order valence-electron chi connectivity index (χ1n) is 13.0. The van der Waals surface area contributed by atoms with Crippen molar-refractivity contribution in [3.05, 3.63) is 138 Å². The molecule has 4 aromatic rings. The second-order valence-corrected chi connectivity index (χ2v) is 14.7. The summed E-state index contributed by atoms with van der Waals surface area (Å²) in [5.41, 5.74) is 5.04. The summed E-state index contributed by atoms with van der Waals surface area (Å²) in [7, 11) is -10.5. The molecule has 4 rings (SSSR count). The molecule has 0 amide bonds. The van der Waals surface area contributed by atoms with E-state index in [1.165, 1.54) is 28.8 Å². The highest BCUT2D eigenvalue weighted by Gasteiger charge is 2.48. The van der Waals surface area contributed by atoms with Crippen LogP contribution in [0.3, 0.4) is 0 Å². The van der Waals surface area contributed by atoms with Crippen LogP contribution in [0.15, 0.2) is 120 Å². The highest BCUT2D eigenvalue weighted by Crippen LogP contribution is 2.28. The van der Waals surface area contributed by atoms with Crippen molar-refractivity contribution in [3.8, 4) is 0 Å². The van der Waals surface area contributed by atoms with E-state index in [-0.39, 0.29) is 0 Å². The van der Waals surface area contributed by atoms with Gasteiger partial charge in [0.25, 0.3) is 10.1 Å². The molecule has 0 aliphatic heterocycles. The first kappa shape index (κ1) is 34.3. The molecule has 12 heteroatoms. The van der Waals surface area contributed by atoms with E-state index < -0.39 is 43.2 Å². The predicted octanol–water partition coefficient (Wildman–Crippen LogP) is 6.38. The zero-order chi connectivity index (χ0) is 31.5. The Bertz CT molecular complexity index is 1520. The minimum absolute atomic E-state index is 0.323. The van der Waals surface area contributed by atoms with Crippen molar-refractivity contribution in [2.45, 2.75) is 40.5 Å². The lowest BCUT2D eigenvalue weighted by Gasteiger charge is -2.22. The maximum Gasteiger partial charge on any atom is 0.367 e. The number of hydrogen-bond donors (Lipinski definition) is 0. The Kier molecular flexibility index (Phi) is 12.4. The van der Waals surface area contributed by atoms with E-state index in [2.05, 4.69) is 95.2 Å². The van der Waals surface area contributed by atoms with E-state index in [1.807, 2.05) is 0 Å². The Morgan fingerprint density at radius 3 is 1.42 bits per heavy atom. The van der Waals surface area contributed by atoms with Crippen LogP contribution in [-0.4, -0.2) is 39.4 Å². The van der Waals surface area contributed by atoms with Crippen LogP contribution in [0.5, 0.6) is 0 Å². The van der Waals surface area contributed by atoms with Crippen molar-refractivity contribution in [2.75, 3.05) is 6.61 Å². The maximum absolute atomic E-state index is 13.1. The third-order valence-electron chi connectivity index (χ3n) is 6.02.